The highest BCUT2D eigenvalue weighted by atomic mass is 16.5. The van der Waals surface area contributed by atoms with Gasteiger partial charge in [-0.2, -0.15) is 0 Å². The Labute approximate surface area is 178 Å². The number of ether oxygens (including phenoxy) is 5. The van der Waals surface area contributed by atoms with Crippen molar-refractivity contribution in [1.29, 1.82) is 0 Å². The predicted molar refractivity (Wildman–Crippen MR) is 109 cm³/mol. The van der Waals surface area contributed by atoms with Crippen LogP contribution in [-0.4, -0.2) is 52.6 Å². The van der Waals surface area contributed by atoms with Gasteiger partial charge in [-0.25, -0.2) is 14.4 Å². The Bertz CT molecular complexity index is 1010. The molecule has 2 aromatic rings. The smallest absolute Gasteiger partial charge is 0.355 e. The van der Waals surface area contributed by atoms with Crippen LogP contribution in [0, 0.1) is 0 Å². The third-order valence-electron chi connectivity index (χ3n) is 4.50. The van der Waals surface area contributed by atoms with Gasteiger partial charge in [-0.3, -0.25) is 0 Å². The van der Waals surface area contributed by atoms with E-state index >= 15 is 0 Å². The molecule has 3 rings (SSSR count). The van der Waals surface area contributed by atoms with Crippen LogP contribution in [0.1, 0.15) is 10.4 Å². The largest absolute Gasteiger partial charge is 0.466 e. The van der Waals surface area contributed by atoms with Gasteiger partial charge in [-0.1, -0.05) is 12.1 Å². The van der Waals surface area contributed by atoms with Crippen LogP contribution in [0.25, 0.3) is 0 Å². The minimum Gasteiger partial charge on any atom is -0.466 e. The van der Waals surface area contributed by atoms with E-state index < -0.39 is 17.9 Å². The summed E-state index contributed by atoms with van der Waals surface area (Å²) in [5.41, 5.74) is 0.963. The lowest BCUT2D eigenvalue weighted by atomic mass is 10.1. The molecule has 162 valence electrons. The van der Waals surface area contributed by atoms with Gasteiger partial charge in [0.2, 0.25) is 0 Å². The second-order valence-corrected chi connectivity index (χ2v) is 6.30. The Morgan fingerprint density at radius 1 is 0.839 bits per heavy atom. The monoisotopic (exact) mass is 427 g/mol. The highest BCUT2D eigenvalue weighted by molar-refractivity contribution is 6.03. The predicted octanol–water partition coefficient (Wildman–Crippen LogP) is 2.66. The molecule has 0 atom stereocenters. The zero-order chi connectivity index (χ0) is 22.4. The second kappa shape index (κ2) is 9.77. The molecule has 1 aliphatic rings. The van der Waals surface area contributed by atoms with Gasteiger partial charge >= 0.3 is 17.9 Å². The topological polar surface area (TPSA) is 101 Å². The first-order valence-corrected chi connectivity index (χ1v) is 9.20. The van der Waals surface area contributed by atoms with E-state index in [9.17, 15) is 14.4 Å². The molecule has 0 spiro atoms. The fourth-order valence-electron chi connectivity index (χ4n) is 3.00. The molecule has 0 bridgehead atoms. The summed E-state index contributed by atoms with van der Waals surface area (Å²) in [4.78, 5) is 37.9. The van der Waals surface area contributed by atoms with Crippen molar-refractivity contribution >= 4 is 23.6 Å². The van der Waals surface area contributed by atoms with Gasteiger partial charge in [0.05, 0.1) is 33.5 Å². The molecule has 9 nitrogen and oxygen atoms in total. The van der Waals surface area contributed by atoms with E-state index in [0.717, 1.165) is 0 Å². The third-order valence-corrected chi connectivity index (χ3v) is 4.50. The lowest BCUT2D eigenvalue weighted by Gasteiger charge is -2.31. The van der Waals surface area contributed by atoms with Crippen LogP contribution in [0.5, 0.6) is 11.5 Å². The maximum Gasteiger partial charge on any atom is 0.355 e. The molecule has 0 aromatic heterocycles. The minimum atomic E-state index is -0.684. The SMILES string of the molecule is COC(=O)C1=C(C(=O)OC)N(c2ccc(Oc3ccccc3C(=O)OC)cc2)COC1. The van der Waals surface area contributed by atoms with Gasteiger partial charge in [-0.05, 0) is 36.4 Å². The average molecular weight is 427 g/mol. The molecular weight excluding hydrogens is 406 g/mol. The van der Waals surface area contributed by atoms with Crippen molar-refractivity contribution < 1.29 is 38.1 Å². The summed E-state index contributed by atoms with van der Waals surface area (Å²) in [7, 11) is 3.75. The Morgan fingerprint density at radius 3 is 2.13 bits per heavy atom. The molecule has 0 saturated carbocycles. The highest BCUT2D eigenvalue weighted by Crippen LogP contribution is 2.31. The second-order valence-electron chi connectivity index (χ2n) is 6.30. The van der Waals surface area contributed by atoms with Crippen LogP contribution in [0.15, 0.2) is 59.8 Å². The molecule has 0 N–H and O–H groups in total. The minimum absolute atomic E-state index is 0.0380. The molecule has 0 saturated heterocycles. The summed E-state index contributed by atoms with van der Waals surface area (Å²) in [5.74, 6) is -1.08. The summed E-state index contributed by atoms with van der Waals surface area (Å²) in [6.07, 6.45) is 0. The van der Waals surface area contributed by atoms with Crippen molar-refractivity contribution in [2.75, 3.05) is 39.6 Å². The van der Waals surface area contributed by atoms with Crippen molar-refractivity contribution in [1.82, 2.24) is 0 Å². The molecular formula is C22H21NO8. The third kappa shape index (κ3) is 4.67. The van der Waals surface area contributed by atoms with Crippen LogP contribution < -0.4 is 9.64 Å². The van der Waals surface area contributed by atoms with Gasteiger partial charge in [0, 0.05) is 5.69 Å². The normalized spacial score (nSPS) is 13.5. The summed E-state index contributed by atoms with van der Waals surface area (Å²) in [6, 6.07) is 13.4. The van der Waals surface area contributed by atoms with Crippen molar-refractivity contribution in [3.63, 3.8) is 0 Å². The lowest BCUT2D eigenvalue weighted by molar-refractivity contribution is -0.140. The van der Waals surface area contributed by atoms with Gasteiger partial charge in [0.25, 0.3) is 0 Å². The Hall–Kier alpha value is -3.85. The molecule has 0 amide bonds. The van der Waals surface area contributed by atoms with E-state index in [-0.39, 0.29) is 30.2 Å². The molecule has 2 aromatic carbocycles. The Morgan fingerprint density at radius 2 is 1.48 bits per heavy atom. The fourth-order valence-corrected chi connectivity index (χ4v) is 3.00. The Balaban J connectivity index is 1.90. The molecule has 0 radical (unpaired) electrons. The number of hydrogen-bond acceptors (Lipinski definition) is 9. The first kappa shape index (κ1) is 21.8. The number of methoxy groups -OCH3 is 3. The van der Waals surface area contributed by atoms with Crippen molar-refractivity contribution in [2.45, 2.75) is 0 Å². The van der Waals surface area contributed by atoms with Gasteiger partial charge in [0.1, 0.15) is 29.5 Å². The van der Waals surface area contributed by atoms with Crippen LogP contribution in [-0.2, 0) is 28.5 Å². The number of anilines is 1. The summed E-state index contributed by atoms with van der Waals surface area (Å²) >= 11 is 0. The first-order chi connectivity index (χ1) is 15.0. The zero-order valence-corrected chi connectivity index (χ0v) is 17.2. The molecule has 9 heteroatoms. The summed E-state index contributed by atoms with van der Waals surface area (Å²) < 4.78 is 25.6. The van der Waals surface area contributed by atoms with Crippen LogP contribution >= 0.6 is 0 Å². The van der Waals surface area contributed by atoms with E-state index in [1.807, 2.05) is 0 Å². The first-order valence-electron chi connectivity index (χ1n) is 9.20. The number of hydrogen-bond donors (Lipinski definition) is 0. The number of carbonyl (C=O) groups excluding carboxylic acids is 3. The lowest BCUT2D eigenvalue weighted by Crippen LogP contribution is -2.38. The Kier molecular flexibility index (Phi) is 6.88. The summed E-state index contributed by atoms with van der Waals surface area (Å²) in [5, 5.41) is 0. The van der Waals surface area contributed by atoms with E-state index in [0.29, 0.717) is 17.2 Å². The van der Waals surface area contributed by atoms with Crippen LogP contribution in [0.4, 0.5) is 5.69 Å². The van der Waals surface area contributed by atoms with Gasteiger partial charge < -0.3 is 28.6 Å². The van der Waals surface area contributed by atoms with Crippen LogP contribution in [0.2, 0.25) is 0 Å². The quantitative estimate of drug-likeness (QED) is 0.509. The highest BCUT2D eigenvalue weighted by Gasteiger charge is 2.32. The summed E-state index contributed by atoms with van der Waals surface area (Å²) in [6.45, 7) is -0.0323. The molecule has 0 aliphatic carbocycles. The molecule has 31 heavy (non-hydrogen) atoms. The number of nitrogens with zero attached hydrogens (tertiary/aromatic N) is 1. The van der Waals surface area contributed by atoms with Crippen molar-refractivity contribution in [3.05, 3.63) is 65.4 Å². The number of esters is 3. The molecule has 1 heterocycles. The number of benzene rings is 2. The molecule has 0 unspecified atom stereocenters. The number of carbonyl (C=O) groups is 3. The van der Waals surface area contributed by atoms with E-state index in [2.05, 4.69) is 0 Å². The average Bonchev–Trinajstić information content (AvgIpc) is 2.82. The van der Waals surface area contributed by atoms with Gasteiger partial charge in [-0.15, -0.1) is 0 Å². The van der Waals surface area contributed by atoms with Crippen LogP contribution in [0.3, 0.4) is 0 Å². The zero-order valence-electron chi connectivity index (χ0n) is 17.2. The standard InChI is InChI=1S/C22H21NO8/c1-27-20(24)16-6-4-5-7-18(16)31-15-10-8-14(9-11-15)23-13-30-12-17(21(25)28-2)19(23)22(26)29-3/h4-11H,12-13H2,1-3H3. The molecule has 0 fully saturated rings. The van der Waals surface area contributed by atoms with Gasteiger partial charge in [0.15, 0.2) is 0 Å². The molecule has 1 aliphatic heterocycles. The fraction of sp³-hybridized carbons (Fsp3) is 0.227. The number of para-hydroxylation sites is 1. The van der Waals surface area contributed by atoms with Crippen molar-refractivity contribution in [3.8, 4) is 11.5 Å². The number of rotatable bonds is 6. The maximum absolute atomic E-state index is 12.4. The maximum atomic E-state index is 12.4. The van der Waals surface area contributed by atoms with E-state index in [4.69, 9.17) is 23.7 Å². The van der Waals surface area contributed by atoms with E-state index in [1.165, 1.54) is 26.2 Å². The van der Waals surface area contributed by atoms with E-state index in [1.54, 1.807) is 48.5 Å². The van der Waals surface area contributed by atoms with Crippen molar-refractivity contribution in [2.24, 2.45) is 0 Å².